The maximum Gasteiger partial charge on any atom is 0.164 e. The lowest BCUT2D eigenvalue weighted by Crippen LogP contribution is -2.16. The molecule has 0 aliphatic heterocycles. The summed E-state index contributed by atoms with van der Waals surface area (Å²) in [7, 11) is 0. The van der Waals surface area contributed by atoms with Gasteiger partial charge in [0.1, 0.15) is 11.2 Å². The van der Waals surface area contributed by atoms with E-state index in [0.717, 1.165) is 94.3 Å². The van der Waals surface area contributed by atoms with Crippen LogP contribution in [0.25, 0.3) is 144 Å². The number of hydrogen-bond donors (Lipinski definition) is 0. The molecule has 6 heteroatoms. The molecule has 1 aliphatic rings. The number of aromatic nitrogens is 5. The lowest BCUT2D eigenvalue weighted by molar-refractivity contribution is 0.660. The van der Waals surface area contributed by atoms with Crippen LogP contribution in [-0.4, -0.2) is 24.1 Å². The molecule has 0 fully saturated rings. The summed E-state index contributed by atoms with van der Waals surface area (Å²) in [6.45, 7) is 4.81. The standard InChI is InChI=1S/C72H47N5O/c1-72(2)56-34-18-15-32-52(56)65-63(47-39-41-60-55(43-47)51-31-17-20-36-58(51)77(60)49-28-13-6-14-29-49)68-66(62(67(65)72)46-38-40-59-54(42-46)50-30-16-19-35-57(50)76(59)48-26-11-5-12-27-48)64-53(33-21-37-61(64)78-68)71-74-69(44-22-7-3-8-23-44)73-70(75-71)45-24-9-4-10-25-45/h3-43H,1-2H3. The van der Waals surface area contributed by atoms with Crippen LogP contribution >= 0.6 is 0 Å². The van der Waals surface area contributed by atoms with E-state index in [1.54, 1.807) is 0 Å². The number of furan rings is 1. The molecule has 15 aromatic rings. The Morgan fingerprint density at radius 1 is 0.346 bits per heavy atom. The second kappa shape index (κ2) is 16.9. The van der Waals surface area contributed by atoms with E-state index in [9.17, 15) is 0 Å². The largest absolute Gasteiger partial charge is 0.455 e. The van der Waals surface area contributed by atoms with Crippen molar-refractivity contribution in [2.45, 2.75) is 19.3 Å². The third-order valence-electron chi connectivity index (χ3n) is 16.3. The van der Waals surface area contributed by atoms with Gasteiger partial charge in [-0.1, -0.05) is 196 Å². The highest BCUT2D eigenvalue weighted by Crippen LogP contribution is 2.60. The maximum atomic E-state index is 7.61. The number of hydrogen-bond acceptors (Lipinski definition) is 4. The molecule has 11 aromatic carbocycles. The molecule has 78 heavy (non-hydrogen) atoms. The zero-order valence-electron chi connectivity index (χ0n) is 42.8. The minimum absolute atomic E-state index is 0.447. The molecule has 0 spiro atoms. The predicted molar refractivity (Wildman–Crippen MR) is 321 cm³/mol. The Kier molecular flexibility index (Phi) is 9.58. The molecular formula is C72H47N5O. The lowest BCUT2D eigenvalue weighted by Gasteiger charge is -2.26. The van der Waals surface area contributed by atoms with Gasteiger partial charge in [0.2, 0.25) is 0 Å². The van der Waals surface area contributed by atoms with Crippen LogP contribution in [0.4, 0.5) is 0 Å². The van der Waals surface area contributed by atoms with Crippen LogP contribution < -0.4 is 0 Å². The van der Waals surface area contributed by atoms with E-state index in [0.29, 0.717) is 17.5 Å². The summed E-state index contributed by atoms with van der Waals surface area (Å²) in [5, 5.41) is 6.71. The molecule has 0 saturated heterocycles. The van der Waals surface area contributed by atoms with Gasteiger partial charge in [-0.2, -0.15) is 0 Å². The second-order valence-corrected chi connectivity index (χ2v) is 21.0. The SMILES string of the molecule is CC1(C)c2ccccc2-c2c1c(-c1ccc3c(c1)c1ccccc1n3-c1ccccc1)c1c(oc3cccc(-c4nc(-c5ccccc5)nc(-c5ccccc5)n4)c31)c2-c1ccc2c(c1)c1ccccc1n2-c1ccccc1. The summed E-state index contributed by atoms with van der Waals surface area (Å²) in [5.41, 5.74) is 20.0. The van der Waals surface area contributed by atoms with Crippen molar-refractivity contribution >= 4 is 65.6 Å². The quantitative estimate of drug-likeness (QED) is 0.160. The van der Waals surface area contributed by atoms with E-state index < -0.39 is 5.41 Å². The second-order valence-electron chi connectivity index (χ2n) is 21.0. The van der Waals surface area contributed by atoms with Crippen LogP contribution in [0, 0.1) is 0 Å². The molecule has 4 aromatic heterocycles. The van der Waals surface area contributed by atoms with Gasteiger partial charge in [-0.15, -0.1) is 0 Å². The molecule has 0 unspecified atom stereocenters. The average molecular weight is 998 g/mol. The molecule has 366 valence electrons. The Labute approximate surface area is 449 Å². The predicted octanol–water partition coefficient (Wildman–Crippen LogP) is 18.6. The van der Waals surface area contributed by atoms with Gasteiger partial charge in [-0.25, -0.2) is 15.0 Å². The average Bonchev–Trinajstić information content (AvgIpc) is 4.42. The van der Waals surface area contributed by atoms with E-state index in [1.165, 1.54) is 43.8 Å². The third kappa shape index (κ3) is 6.47. The first kappa shape index (κ1) is 44.2. The fourth-order valence-corrected chi connectivity index (χ4v) is 13.0. The maximum absolute atomic E-state index is 7.61. The Balaban J connectivity index is 1.07. The van der Waals surface area contributed by atoms with Crippen molar-refractivity contribution in [2.24, 2.45) is 0 Å². The summed E-state index contributed by atoms with van der Waals surface area (Å²) in [6, 6.07) is 88.8. The van der Waals surface area contributed by atoms with Gasteiger partial charge in [0, 0.05) is 71.4 Å². The van der Waals surface area contributed by atoms with Crippen molar-refractivity contribution in [3.63, 3.8) is 0 Å². The fraction of sp³-hybridized carbons (Fsp3) is 0.0417. The van der Waals surface area contributed by atoms with Crippen molar-refractivity contribution in [1.29, 1.82) is 0 Å². The van der Waals surface area contributed by atoms with Gasteiger partial charge >= 0.3 is 0 Å². The Morgan fingerprint density at radius 2 is 0.808 bits per heavy atom. The summed E-state index contributed by atoms with van der Waals surface area (Å²) >= 11 is 0. The zero-order valence-corrected chi connectivity index (χ0v) is 42.8. The van der Waals surface area contributed by atoms with E-state index in [1.807, 2.05) is 36.4 Å². The van der Waals surface area contributed by atoms with Crippen LogP contribution in [0.15, 0.2) is 253 Å². The lowest BCUT2D eigenvalue weighted by atomic mass is 9.76. The molecule has 0 N–H and O–H groups in total. The fourth-order valence-electron chi connectivity index (χ4n) is 13.0. The topological polar surface area (TPSA) is 61.7 Å². The van der Waals surface area contributed by atoms with Crippen LogP contribution in [0.2, 0.25) is 0 Å². The summed E-state index contributed by atoms with van der Waals surface area (Å²) in [4.78, 5) is 15.9. The zero-order chi connectivity index (χ0) is 51.6. The van der Waals surface area contributed by atoms with Crippen molar-refractivity contribution in [1.82, 2.24) is 24.1 Å². The molecule has 0 amide bonds. The molecule has 4 heterocycles. The van der Waals surface area contributed by atoms with Crippen molar-refractivity contribution < 1.29 is 4.42 Å². The van der Waals surface area contributed by atoms with E-state index in [4.69, 9.17) is 19.4 Å². The van der Waals surface area contributed by atoms with Crippen molar-refractivity contribution in [3.05, 3.63) is 260 Å². The number of rotatable bonds is 7. The molecule has 6 nitrogen and oxygen atoms in total. The molecule has 16 rings (SSSR count). The van der Waals surface area contributed by atoms with Crippen molar-refractivity contribution in [3.8, 4) is 78.9 Å². The first-order valence-corrected chi connectivity index (χ1v) is 26.7. The minimum Gasteiger partial charge on any atom is -0.455 e. The molecule has 0 radical (unpaired) electrons. The van der Waals surface area contributed by atoms with Gasteiger partial charge in [-0.3, -0.25) is 0 Å². The number of fused-ring (bicyclic) bond motifs is 12. The third-order valence-corrected chi connectivity index (χ3v) is 16.3. The highest BCUT2D eigenvalue weighted by atomic mass is 16.3. The summed E-state index contributed by atoms with van der Waals surface area (Å²) in [6.07, 6.45) is 0. The molecule has 0 saturated carbocycles. The van der Waals surface area contributed by atoms with Gasteiger partial charge < -0.3 is 13.6 Å². The summed E-state index contributed by atoms with van der Waals surface area (Å²) in [5.74, 6) is 1.78. The summed E-state index contributed by atoms with van der Waals surface area (Å²) < 4.78 is 12.4. The molecule has 1 aliphatic carbocycles. The van der Waals surface area contributed by atoms with Crippen LogP contribution in [-0.2, 0) is 5.41 Å². The van der Waals surface area contributed by atoms with E-state index in [-0.39, 0.29) is 0 Å². The highest BCUT2D eigenvalue weighted by Gasteiger charge is 2.42. The van der Waals surface area contributed by atoms with E-state index in [2.05, 4.69) is 235 Å². The van der Waals surface area contributed by atoms with Crippen molar-refractivity contribution in [2.75, 3.05) is 0 Å². The Bertz CT molecular complexity index is 4860. The Morgan fingerprint density at radius 3 is 1.38 bits per heavy atom. The van der Waals surface area contributed by atoms with Crippen LogP contribution in [0.1, 0.15) is 25.0 Å². The van der Waals surface area contributed by atoms with Crippen LogP contribution in [0.5, 0.6) is 0 Å². The molecular weight excluding hydrogens is 951 g/mol. The number of nitrogens with zero attached hydrogens (tertiary/aromatic N) is 5. The molecule has 0 atom stereocenters. The van der Waals surface area contributed by atoms with Gasteiger partial charge in [-0.05, 0) is 106 Å². The number of para-hydroxylation sites is 4. The first-order chi connectivity index (χ1) is 38.5. The van der Waals surface area contributed by atoms with E-state index >= 15 is 0 Å². The highest BCUT2D eigenvalue weighted by molar-refractivity contribution is 6.26. The Hall–Kier alpha value is -10.2. The minimum atomic E-state index is -0.447. The number of benzene rings is 11. The monoisotopic (exact) mass is 997 g/mol. The normalized spacial score (nSPS) is 12.8. The van der Waals surface area contributed by atoms with Gasteiger partial charge in [0.15, 0.2) is 17.5 Å². The molecule has 0 bridgehead atoms. The van der Waals surface area contributed by atoms with Gasteiger partial charge in [0.25, 0.3) is 0 Å². The smallest absolute Gasteiger partial charge is 0.164 e. The van der Waals surface area contributed by atoms with Crippen LogP contribution in [0.3, 0.4) is 0 Å². The van der Waals surface area contributed by atoms with Gasteiger partial charge in [0.05, 0.1) is 22.1 Å². The first-order valence-electron chi connectivity index (χ1n) is 26.7.